The molecule has 11 rings (SSSR count). The highest BCUT2D eigenvalue weighted by atomic mass is 16.3. The normalized spacial score (nSPS) is 13.4. The van der Waals surface area contributed by atoms with Crippen LogP contribution >= 0.6 is 0 Å². The first-order valence-corrected chi connectivity index (χ1v) is 18.0. The smallest absolute Gasteiger partial charge is 0.333 e. The van der Waals surface area contributed by atoms with Crippen molar-refractivity contribution in [3.05, 3.63) is 151 Å². The molecule has 0 saturated heterocycles. The van der Waals surface area contributed by atoms with E-state index in [1.165, 1.54) is 83.2 Å². The van der Waals surface area contributed by atoms with Crippen LogP contribution in [0.3, 0.4) is 0 Å². The molecule has 0 atom stereocenters. The Morgan fingerprint density at radius 1 is 0.549 bits per heavy atom. The van der Waals surface area contributed by atoms with Crippen molar-refractivity contribution in [2.75, 3.05) is 4.90 Å². The van der Waals surface area contributed by atoms with Gasteiger partial charge < -0.3 is 13.8 Å². The third kappa shape index (κ3) is 3.91. The summed E-state index contributed by atoms with van der Waals surface area (Å²) >= 11 is 0. The molecule has 0 saturated carbocycles. The van der Waals surface area contributed by atoms with E-state index < -0.39 is 0 Å². The Hall–Kier alpha value is -6.00. The molecular weight excluding hydrogens is 619 g/mol. The van der Waals surface area contributed by atoms with Gasteiger partial charge in [0.05, 0.1) is 5.69 Å². The van der Waals surface area contributed by atoms with Gasteiger partial charge in [0, 0.05) is 55.1 Å². The van der Waals surface area contributed by atoms with Crippen molar-refractivity contribution >= 4 is 78.6 Å². The third-order valence-electron chi connectivity index (χ3n) is 11.3. The molecule has 2 aliphatic heterocycles. The lowest BCUT2D eigenvalue weighted by Gasteiger charge is -2.41. The molecule has 0 unspecified atom stereocenters. The standard InChI is InChI=1S/C47H35BN2O/c1-28-23-37-34-18-12-17-33-31-15-8-10-19-40(31)50(46(33)34)48-38-27-44-36(32-16-9-11-20-43(32)51-44)26-41(38)49(42(24-28)45(37)48)39-22-21-30(47(2,3)4)25-35(39)29-13-6-5-7-14-29/h5-27H,1-4H3. The summed E-state index contributed by atoms with van der Waals surface area (Å²) in [5, 5.41) is 4.87. The van der Waals surface area contributed by atoms with Gasteiger partial charge in [-0.1, -0.05) is 118 Å². The average Bonchev–Trinajstić information content (AvgIpc) is 3.68. The summed E-state index contributed by atoms with van der Waals surface area (Å²) in [6.45, 7) is 9.11. The number of aryl methyl sites for hydroxylation is 1. The van der Waals surface area contributed by atoms with Gasteiger partial charge in [-0.25, -0.2) is 0 Å². The summed E-state index contributed by atoms with van der Waals surface area (Å²) in [6.07, 6.45) is 0. The molecule has 0 amide bonds. The van der Waals surface area contributed by atoms with E-state index in [0.29, 0.717) is 0 Å². The zero-order valence-corrected chi connectivity index (χ0v) is 29.2. The predicted octanol–water partition coefficient (Wildman–Crippen LogP) is 11.4. The molecule has 0 aliphatic carbocycles. The van der Waals surface area contributed by atoms with E-state index >= 15 is 0 Å². The van der Waals surface area contributed by atoms with Crippen LogP contribution in [0.5, 0.6) is 0 Å². The second-order valence-electron chi connectivity index (χ2n) is 15.4. The first-order valence-electron chi connectivity index (χ1n) is 18.0. The number of benzene rings is 7. The van der Waals surface area contributed by atoms with Gasteiger partial charge in [0.2, 0.25) is 0 Å². The highest BCUT2D eigenvalue weighted by Gasteiger charge is 2.43. The Morgan fingerprint density at radius 3 is 2.16 bits per heavy atom. The second kappa shape index (κ2) is 10.0. The molecule has 242 valence electrons. The Labute approximate surface area is 297 Å². The van der Waals surface area contributed by atoms with Gasteiger partial charge in [-0.05, 0) is 88.0 Å². The molecule has 4 heteroatoms. The van der Waals surface area contributed by atoms with Gasteiger partial charge >= 0.3 is 6.85 Å². The summed E-state index contributed by atoms with van der Waals surface area (Å²) in [6, 6.07) is 51.8. The molecule has 2 aliphatic rings. The van der Waals surface area contributed by atoms with Crippen molar-refractivity contribution in [2.24, 2.45) is 0 Å². The van der Waals surface area contributed by atoms with Gasteiger partial charge in [0.1, 0.15) is 11.2 Å². The largest absolute Gasteiger partial charge is 0.456 e. The van der Waals surface area contributed by atoms with Crippen LogP contribution in [0.15, 0.2) is 144 Å². The molecule has 3 nitrogen and oxygen atoms in total. The maximum absolute atomic E-state index is 6.64. The Bertz CT molecular complexity index is 2920. The Balaban J connectivity index is 1.32. The van der Waals surface area contributed by atoms with Gasteiger partial charge in [0.25, 0.3) is 0 Å². The van der Waals surface area contributed by atoms with E-state index in [9.17, 15) is 0 Å². The Morgan fingerprint density at radius 2 is 1.31 bits per heavy atom. The number of nitrogens with zero attached hydrogens (tertiary/aromatic N) is 2. The quantitative estimate of drug-likeness (QED) is 0.173. The van der Waals surface area contributed by atoms with Crippen LogP contribution in [-0.2, 0) is 5.41 Å². The highest BCUT2D eigenvalue weighted by Crippen LogP contribution is 2.49. The number of hydrogen-bond donors (Lipinski definition) is 0. The fourth-order valence-electron chi connectivity index (χ4n) is 9.06. The first-order chi connectivity index (χ1) is 24.8. The third-order valence-corrected chi connectivity index (χ3v) is 11.3. The topological polar surface area (TPSA) is 21.3 Å². The van der Waals surface area contributed by atoms with Gasteiger partial charge in [-0.15, -0.1) is 0 Å². The molecule has 51 heavy (non-hydrogen) atoms. The van der Waals surface area contributed by atoms with Crippen LogP contribution < -0.4 is 15.8 Å². The molecule has 0 N–H and O–H groups in total. The molecule has 9 aromatic rings. The van der Waals surface area contributed by atoms with Crippen LogP contribution in [0, 0.1) is 6.92 Å². The van der Waals surface area contributed by atoms with E-state index in [4.69, 9.17) is 4.42 Å². The molecule has 2 aromatic heterocycles. The van der Waals surface area contributed by atoms with Crippen molar-refractivity contribution in [1.82, 2.24) is 4.48 Å². The SMILES string of the molecule is Cc1cc2c3c(c1)N(c1ccc(C(C)(C)C)cc1-c1ccccc1)c1cc4c(cc1B3n1c3ccccc3c3cccc-2c31)oc1ccccc14. The molecule has 4 heterocycles. The second-order valence-corrected chi connectivity index (χ2v) is 15.4. The van der Waals surface area contributed by atoms with E-state index in [1.54, 1.807) is 0 Å². The number of para-hydroxylation sites is 3. The number of furan rings is 1. The van der Waals surface area contributed by atoms with Crippen LogP contribution in [0.25, 0.3) is 66.0 Å². The van der Waals surface area contributed by atoms with Crippen LogP contribution in [0.2, 0.25) is 0 Å². The molecular formula is C47H35BN2O. The van der Waals surface area contributed by atoms with Crippen molar-refractivity contribution in [3.8, 4) is 22.3 Å². The van der Waals surface area contributed by atoms with Crippen LogP contribution in [0.1, 0.15) is 31.9 Å². The minimum Gasteiger partial charge on any atom is -0.456 e. The summed E-state index contributed by atoms with van der Waals surface area (Å²) in [5.74, 6) is 0. The van der Waals surface area contributed by atoms with Crippen LogP contribution in [-0.4, -0.2) is 11.3 Å². The van der Waals surface area contributed by atoms with Gasteiger partial charge in [-0.2, -0.15) is 0 Å². The minimum atomic E-state index is -0.0363. The van der Waals surface area contributed by atoms with E-state index in [1.807, 2.05) is 0 Å². The first kappa shape index (κ1) is 28.8. The zero-order valence-electron chi connectivity index (χ0n) is 29.2. The molecule has 7 aromatic carbocycles. The van der Waals surface area contributed by atoms with Crippen molar-refractivity contribution in [3.63, 3.8) is 0 Å². The monoisotopic (exact) mass is 654 g/mol. The maximum atomic E-state index is 6.64. The lowest BCUT2D eigenvalue weighted by Crippen LogP contribution is -2.56. The maximum Gasteiger partial charge on any atom is 0.333 e. The molecule has 0 radical (unpaired) electrons. The van der Waals surface area contributed by atoms with E-state index in [2.05, 4.69) is 177 Å². The number of anilines is 3. The molecule has 0 spiro atoms. The summed E-state index contributed by atoms with van der Waals surface area (Å²) in [4.78, 5) is 2.56. The minimum absolute atomic E-state index is 0.00188. The van der Waals surface area contributed by atoms with Crippen molar-refractivity contribution < 1.29 is 4.42 Å². The van der Waals surface area contributed by atoms with Gasteiger partial charge in [0.15, 0.2) is 0 Å². The molecule has 0 bridgehead atoms. The predicted molar refractivity (Wildman–Crippen MR) is 216 cm³/mol. The number of hydrogen-bond acceptors (Lipinski definition) is 2. The number of aromatic nitrogens is 1. The number of fused-ring (bicyclic) bond motifs is 10. The van der Waals surface area contributed by atoms with Gasteiger partial charge in [-0.3, -0.25) is 0 Å². The van der Waals surface area contributed by atoms with E-state index in [-0.39, 0.29) is 12.3 Å². The summed E-state index contributed by atoms with van der Waals surface area (Å²) in [5.41, 5.74) is 18.2. The highest BCUT2D eigenvalue weighted by molar-refractivity contribution is 6.90. The molecule has 0 fully saturated rings. The average molecular weight is 655 g/mol. The summed E-state index contributed by atoms with van der Waals surface area (Å²) in [7, 11) is 0. The fraction of sp³-hybridized carbons (Fsp3) is 0.106. The lowest BCUT2D eigenvalue weighted by molar-refractivity contribution is 0.590. The van der Waals surface area contributed by atoms with Crippen LogP contribution in [0.4, 0.5) is 17.1 Å². The Kier molecular flexibility index (Phi) is 5.67. The van der Waals surface area contributed by atoms with E-state index in [0.717, 1.165) is 21.9 Å². The fourth-order valence-corrected chi connectivity index (χ4v) is 9.06. The number of rotatable bonds is 2. The lowest BCUT2D eigenvalue weighted by atomic mass is 9.45. The van der Waals surface area contributed by atoms with Crippen molar-refractivity contribution in [1.29, 1.82) is 0 Å². The zero-order chi connectivity index (χ0) is 34.2. The summed E-state index contributed by atoms with van der Waals surface area (Å²) < 4.78 is 9.26. The van der Waals surface area contributed by atoms with Crippen molar-refractivity contribution in [2.45, 2.75) is 33.1 Å².